The van der Waals surface area contributed by atoms with Crippen molar-refractivity contribution in [3.8, 4) is 22.3 Å². The second kappa shape index (κ2) is 6.93. The Hall–Kier alpha value is -3.78. The lowest BCUT2D eigenvalue weighted by molar-refractivity contribution is -0.673. The molecule has 0 aliphatic carbocycles. The SMILES string of the molecule is C1=C[n+]2ccc(-c3ccccc3)c3ccc4c(-c5ccccc5)cc[n+](c4c32)CC1. The van der Waals surface area contributed by atoms with Crippen molar-refractivity contribution in [2.24, 2.45) is 0 Å². The quantitative estimate of drug-likeness (QED) is 0.268. The van der Waals surface area contributed by atoms with Gasteiger partial charge in [0.1, 0.15) is 0 Å². The number of pyridine rings is 2. The van der Waals surface area contributed by atoms with Crippen LogP contribution in [-0.2, 0) is 6.54 Å². The first-order chi connectivity index (χ1) is 14.9. The molecule has 0 unspecified atom stereocenters. The number of rotatable bonds is 2. The number of hydrogen-bond donors (Lipinski definition) is 0. The Balaban J connectivity index is 1.77. The van der Waals surface area contributed by atoms with Crippen LogP contribution in [0, 0.1) is 0 Å². The maximum Gasteiger partial charge on any atom is 0.291 e. The van der Waals surface area contributed by atoms with Gasteiger partial charge in [-0.3, -0.25) is 0 Å². The third kappa shape index (κ3) is 2.65. The molecule has 0 fully saturated rings. The smallest absolute Gasteiger partial charge is 0.192 e. The van der Waals surface area contributed by atoms with Crippen LogP contribution in [0.15, 0.2) is 103 Å². The van der Waals surface area contributed by atoms with E-state index in [-0.39, 0.29) is 0 Å². The first-order valence-electron chi connectivity index (χ1n) is 10.5. The molecule has 2 aromatic heterocycles. The predicted octanol–water partition coefficient (Wildman–Crippen LogP) is 5.78. The molecule has 0 saturated heterocycles. The van der Waals surface area contributed by atoms with Crippen molar-refractivity contribution in [2.75, 3.05) is 0 Å². The summed E-state index contributed by atoms with van der Waals surface area (Å²) in [6.07, 6.45) is 9.96. The Morgan fingerprint density at radius 2 is 1.17 bits per heavy atom. The van der Waals surface area contributed by atoms with Gasteiger partial charge in [-0.2, -0.15) is 9.13 Å². The van der Waals surface area contributed by atoms with Gasteiger partial charge in [0.25, 0.3) is 11.0 Å². The van der Waals surface area contributed by atoms with E-state index in [2.05, 4.69) is 119 Å². The zero-order valence-corrected chi connectivity index (χ0v) is 16.7. The van der Waals surface area contributed by atoms with Crippen molar-refractivity contribution >= 4 is 28.0 Å². The van der Waals surface area contributed by atoms with Crippen molar-refractivity contribution in [1.82, 2.24) is 0 Å². The molecule has 1 aliphatic rings. The third-order valence-corrected chi connectivity index (χ3v) is 6.07. The zero-order valence-electron chi connectivity index (χ0n) is 16.7. The highest BCUT2D eigenvalue weighted by atomic mass is 15.0. The summed E-state index contributed by atoms with van der Waals surface area (Å²) in [6, 6.07) is 30.5. The summed E-state index contributed by atoms with van der Waals surface area (Å²) in [7, 11) is 0. The van der Waals surface area contributed by atoms with Crippen LogP contribution in [-0.4, -0.2) is 0 Å². The molecule has 5 aromatic rings. The van der Waals surface area contributed by atoms with E-state index in [1.165, 1.54) is 44.1 Å². The van der Waals surface area contributed by atoms with Gasteiger partial charge in [0.15, 0.2) is 25.1 Å². The van der Waals surface area contributed by atoms with E-state index in [9.17, 15) is 0 Å². The minimum Gasteiger partial charge on any atom is -0.192 e. The molecular weight excluding hydrogens is 364 g/mol. The fraction of sp³-hybridized carbons (Fsp3) is 0.0714. The number of hydrogen-bond acceptors (Lipinski definition) is 0. The summed E-state index contributed by atoms with van der Waals surface area (Å²) in [5.74, 6) is 0. The van der Waals surface area contributed by atoms with E-state index in [0.717, 1.165) is 13.0 Å². The van der Waals surface area contributed by atoms with Crippen LogP contribution < -0.4 is 9.13 Å². The number of benzene rings is 3. The van der Waals surface area contributed by atoms with Crippen LogP contribution in [0.1, 0.15) is 6.42 Å². The number of allylic oxidation sites excluding steroid dienone is 1. The van der Waals surface area contributed by atoms with Gasteiger partial charge in [0.2, 0.25) is 0 Å². The minimum atomic E-state index is 0.983. The highest BCUT2D eigenvalue weighted by Crippen LogP contribution is 2.34. The van der Waals surface area contributed by atoms with E-state index in [4.69, 9.17) is 0 Å². The molecule has 0 N–H and O–H groups in total. The summed E-state index contributed by atoms with van der Waals surface area (Å²) in [5, 5.41) is 2.58. The molecule has 1 aliphatic heterocycles. The third-order valence-electron chi connectivity index (χ3n) is 6.07. The summed E-state index contributed by atoms with van der Waals surface area (Å²) in [5.41, 5.74) is 7.63. The standard InChI is InChI=1S/C28H22N2/c1-3-9-21(10-4-1)23-15-19-29-17-7-8-18-30-20-16-24(22-11-5-2-6-12-22)26-14-13-25(23)27(29)28(26)30/h1-7,9-17,19-20H,8,18H2/q+2. The van der Waals surface area contributed by atoms with Gasteiger partial charge in [-0.05, 0) is 29.3 Å². The summed E-state index contributed by atoms with van der Waals surface area (Å²) >= 11 is 0. The molecule has 6 rings (SSSR count). The van der Waals surface area contributed by atoms with Crippen molar-refractivity contribution in [2.45, 2.75) is 13.0 Å². The Kier molecular flexibility index (Phi) is 3.95. The molecular formula is C28H22N2+2. The van der Waals surface area contributed by atoms with Crippen LogP contribution in [0.2, 0.25) is 0 Å². The highest BCUT2D eigenvalue weighted by Gasteiger charge is 2.26. The van der Waals surface area contributed by atoms with Gasteiger partial charge >= 0.3 is 0 Å². The number of nitrogens with zero attached hydrogens (tertiary/aromatic N) is 2. The normalized spacial score (nSPS) is 12.9. The molecule has 142 valence electrons. The van der Waals surface area contributed by atoms with E-state index in [1.54, 1.807) is 0 Å². The van der Waals surface area contributed by atoms with Gasteiger partial charge < -0.3 is 0 Å². The zero-order chi connectivity index (χ0) is 19.9. The van der Waals surface area contributed by atoms with E-state index in [1.807, 2.05) is 0 Å². The molecule has 0 saturated carbocycles. The van der Waals surface area contributed by atoms with Gasteiger partial charge in [-0.25, -0.2) is 0 Å². The summed E-state index contributed by atoms with van der Waals surface area (Å²) < 4.78 is 4.70. The number of aromatic nitrogens is 2. The minimum absolute atomic E-state index is 0.983. The molecule has 3 aromatic carbocycles. The van der Waals surface area contributed by atoms with Crippen LogP contribution in [0.3, 0.4) is 0 Å². The van der Waals surface area contributed by atoms with Crippen LogP contribution >= 0.6 is 0 Å². The summed E-state index contributed by atoms with van der Waals surface area (Å²) in [6.45, 7) is 0.983. The Labute approximate surface area is 176 Å². The average Bonchev–Trinajstić information content (AvgIpc) is 2.80. The molecule has 2 heteroatoms. The lowest BCUT2D eigenvalue weighted by Gasteiger charge is -2.11. The largest absolute Gasteiger partial charge is 0.291 e. The van der Waals surface area contributed by atoms with Crippen LogP contribution in [0.4, 0.5) is 0 Å². The van der Waals surface area contributed by atoms with Crippen molar-refractivity contribution < 1.29 is 9.13 Å². The lowest BCUT2D eigenvalue weighted by Crippen LogP contribution is -2.39. The molecule has 0 atom stereocenters. The van der Waals surface area contributed by atoms with E-state index < -0.39 is 0 Å². The first-order valence-corrected chi connectivity index (χ1v) is 10.5. The lowest BCUT2D eigenvalue weighted by atomic mass is 9.96. The fourth-order valence-electron chi connectivity index (χ4n) is 4.67. The van der Waals surface area contributed by atoms with E-state index in [0.29, 0.717) is 0 Å². The maximum atomic E-state index is 2.42. The monoisotopic (exact) mass is 386 g/mol. The Morgan fingerprint density at radius 3 is 1.83 bits per heavy atom. The van der Waals surface area contributed by atoms with Crippen LogP contribution in [0.25, 0.3) is 50.3 Å². The average molecular weight is 386 g/mol. The fourth-order valence-corrected chi connectivity index (χ4v) is 4.67. The van der Waals surface area contributed by atoms with Gasteiger partial charge in [-0.15, -0.1) is 0 Å². The molecule has 30 heavy (non-hydrogen) atoms. The maximum absolute atomic E-state index is 2.42. The molecule has 2 nitrogen and oxygen atoms in total. The molecule has 0 spiro atoms. The van der Waals surface area contributed by atoms with Gasteiger partial charge in [0, 0.05) is 29.7 Å². The van der Waals surface area contributed by atoms with Crippen molar-refractivity contribution in [3.05, 3.63) is 103 Å². The molecule has 3 heterocycles. The van der Waals surface area contributed by atoms with Crippen LogP contribution in [0.5, 0.6) is 0 Å². The highest BCUT2D eigenvalue weighted by molar-refractivity contribution is 6.09. The Bertz CT molecular complexity index is 1420. The molecule has 0 amide bonds. The second-order valence-corrected chi connectivity index (χ2v) is 7.82. The van der Waals surface area contributed by atoms with Crippen molar-refractivity contribution in [3.63, 3.8) is 0 Å². The second-order valence-electron chi connectivity index (χ2n) is 7.82. The summed E-state index contributed by atoms with van der Waals surface area (Å²) in [4.78, 5) is 0. The van der Waals surface area contributed by atoms with Gasteiger partial charge in [0.05, 0.1) is 10.8 Å². The number of aryl methyl sites for hydroxylation is 1. The first kappa shape index (κ1) is 17.1. The Morgan fingerprint density at radius 1 is 0.567 bits per heavy atom. The predicted molar refractivity (Wildman–Crippen MR) is 123 cm³/mol. The molecule has 0 bridgehead atoms. The van der Waals surface area contributed by atoms with Crippen molar-refractivity contribution in [1.29, 1.82) is 0 Å². The van der Waals surface area contributed by atoms with E-state index >= 15 is 0 Å². The molecule has 0 radical (unpaired) electrons. The topological polar surface area (TPSA) is 7.76 Å². The van der Waals surface area contributed by atoms with Gasteiger partial charge in [-0.1, -0.05) is 60.7 Å².